The Bertz CT molecular complexity index is 1580. The molecule has 0 aromatic heterocycles. The highest BCUT2D eigenvalue weighted by atomic mass is 79.9. The zero-order valence-electron chi connectivity index (χ0n) is 33.4. The quantitative estimate of drug-likeness (QED) is 0.155. The molecule has 3 aromatic rings. The van der Waals surface area contributed by atoms with Crippen LogP contribution in [-0.2, 0) is 33.2 Å². The van der Waals surface area contributed by atoms with Crippen LogP contribution in [0.2, 0.25) is 0 Å². The molecule has 1 saturated heterocycles. The summed E-state index contributed by atoms with van der Waals surface area (Å²) in [5, 5.41) is 11.5. The number of ether oxygens (including phenoxy) is 6. The zero-order chi connectivity index (χ0) is 41.4. The summed E-state index contributed by atoms with van der Waals surface area (Å²) < 4.78 is 86.2. The molecular formula is C39H59BrF2N2O10S. The van der Waals surface area contributed by atoms with Crippen molar-refractivity contribution in [2.75, 3.05) is 85.9 Å². The van der Waals surface area contributed by atoms with Crippen molar-refractivity contribution in [1.29, 1.82) is 0 Å². The van der Waals surface area contributed by atoms with Crippen molar-refractivity contribution < 1.29 is 54.9 Å². The molecule has 4 rings (SSSR count). The smallest absolute Gasteiger partial charge is 0.297 e. The number of aliphatic hydroxyl groups is 1. The molecule has 16 heteroatoms. The van der Waals surface area contributed by atoms with Crippen molar-refractivity contribution in [2.45, 2.75) is 63.9 Å². The molecule has 55 heavy (non-hydrogen) atoms. The highest BCUT2D eigenvalue weighted by molar-refractivity contribution is 9.10. The van der Waals surface area contributed by atoms with Crippen LogP contribution in [0.1, 0.15) is 33.3 Å². The van der Waals surface area contributed by atoms with Crippen LogP contribution in [0.5, 0.6) is 11.5 Å². The molecule has 3 aromatic carbocycles. The molecule has 4 atom stereocenters. The highest BCUT2D eigenvalue weighted by Crippen LogP contribution is 2.25. The van der Waals surface area contributed by atoms with E-state index in [1.54, 1.807) is 65.5 Å². The second-order valence-corrected chi connectivity index (χ2v) is 14.9. The number of anilines is 1. The van der Waals surface area contributed by atoms with Gasteiger partial charge in [-0.25, -0.2) is 8.78 Å². The summed E-state index contributed by atoms with van der Waals surface area (Å²) in [4.78, 5) is 2.22. The van der Waals surface area contributed by atoms with Crippen LogP contribution in [0, 0.1) is 18.6 Å². The maximum atomic E-state index is 14.1. The van der Waals surface area contributed by atoms with Gasteiger partial charge in [0, 0.05) is 66.8 Å². The van der Waals surface area contributed by atoms with Gasteiger partial charge >= 0.3 is 0 Å². The molecule has 312 valence electrons. The fraction of sp³-hybridized carbons (Fsp3) is 0.538. The van der Waals surface area contributed by atoms with Crippen LogP contribution in [-0.4, -0.2) is 119 Å². The van der Waals surface area contributed by atoms with Gasteiger partial charge in [-0.3, -0.25) is 4.18 Å². The maximum absolute atomic E-state index is 14.1. The lowest BCUT2D eigenvalue weighted by Gasteiger charge is -2.29. The Labute approximate surface area is 334 Å². The Balaban J connectivity index is 0.000000388. The van der Waals surface area contributed by atoms with Crippen molar-refractivity contribution in [3.05, 3.63) is 82.3 Å². The fourth-order valence-corrected chi connectivity index (χ4v) is 5.19. The molecule has 4 unspecified atom stereocenters. The van der Waals surface area contributed by atoms with Crippen LogP contribution < -0.4 is 19.7 Å². The zero-order valence-corrected chi connectivity index (χ0v) is 35.8. The summed E-state index contributed by atoms with van der Waals surface area (Å²) in [6.07, 6.45) is -0.261. The van der Waals surface area contributed by atoms with Crippen LogP contribution in [0.15, 0.2) is 70.0 Å². The molecule has 1 aliphatic rings. The number of nitrogens with one attached hydrogen (secondary N) is 1. The number of benzene rings is 3. The second kappa shape index (κ2) is 27.6. The molecule has 1 aliphatic heterocycles. The van der Waals surface area contributed by atoms with E-state index in [9.17, 15) is 17.2 Å². The van der Waals surface area contributed by atoms with Gasteiger partial charge in [-0.2, -0.15) is 8.42 Å². The predicted molar refractivity (Wildman–Crippen MR) is 214 cm³/mol. The van der Waals surface area contributed by atoms with E-state index in [2.05, 4.69) is 26.0 Å². The number of nitrogens with zero attached hydrogens (tertiary/aromatic N) is 1. The highest BCUT2D eigenvalue weighted by Gasteiger charge is 2.17. The van der Waals surface area contributed by atoms with E-state index in [1.165, 1.54) is 31.4 Å². The van der Waals surface area contributed by atoms with Gasteiger partial charge in [0.2, 0.25) is 0 Å². The number of piperazine rings is 1. The van der Waals surface area contributed by atoms with Crippen LogP contribution in [0.3, 0.4) is 0 Å². The van der Waals surface area contributed by atoms with Crippen molar-refractivity contribution in [1.82, 2.24) is 5.32 Å². The maximum Gasteiger partial charge on any atom is 0.297 e. The van der Waals surface area contributed by atoms with E-state index in [1.807, 2.05) is 31.7 Å². The SMILES string of the molecule is COC(C)CO.COC(C)COS(=O)(=O)c1ccc(C)cc1.COC(C)COc1ccc(Br)c(F)c1.COC(C)COc1ccc(N2CCNCC2)c(F)c1. The van der Waals surface area contributed by atoms with E-state index < -0.39 is 10.1 Å². The minimum absolute atomic E-state index is 0.00158. The predicted octanol–water partition coefficient (Wildman–Crippen LogP) is 6.40. The number of halogens is 3. The first-order chi connectivity index (χ1) is 26.1. The summed E-state index contributed by atoms with van der Waals surface area (Å²) in [5.74, 6) is 0.493. The Hall–Kier alpha value is -2.93. The first kappa shape index (κ1) is 50.1. The molecule has 0 radical (unpaired) electrons. The van der Waals surface area contributed by atoms with Crippen molar-refractivity contribution >= 4 is 31.7 Å². The largest absolute Gasteiger partial charge is 0.491 e. The van der Waals surface area contributed by atoms with Gasteiger partial charge in [0.15, 0.2) is 0 Å². The van der Waals surface area contributed by atoms with E-state index in [0.717, 1.165) is 31.7 Å². The number of rotatable bonds is 16. The van der Waals surface area contributed by atoms with Gasteiger partial charge in [-0.1, -0.05) is 17.7 Å². The Morgan fingerprint density at radius 3 is 1.64 bits per heavy atom. The van der Waals surface area contributed by atoms with Gasteiger partial charge in [0.05, 0.1) is 52.7 Å². The number of hydrogen-bond acceptors (Lipinski definition) is 12. The van der Waals surface area contributed by atoms with E-state index >= 15 is 0 Å². The van der Waals surface area contributed by atoms with Gasteiger partial charge in [-0.05, 0) is 86.9 Å². The lowest BCUT2D eigenvalue weighted by molar-refractivity contribution is 0.0623. The third-order valence-corrected chi connectivity index (χ3v) is 9.81. The molecule has 0 amide bonds. The number of hydrogen-bond donors (Lipinski definition) is 2. The standard InChI is InChI=1S/C14H21FN2O2.C11H16O4S.C10H12BrFO2.C4H10O2/c1-11(18-2)10-19-12-3-4-14(13(15)9-12)17-7-5-16-6-8-17;1-9-4-6-11(7-5-9)16(12,13)15-8-10(2)14-3;1-7(13-2)6-14-8-3-4-9(11)10(12)5-8;1-4(3-5)6-2/h3-4,9,11,16H,5-8,10H2,1-2H3;4-7,10H,8H2,1-3H3;3-5,7H,6H2,1-2H3;4-5H,3H2,1-2H3. The number of methoxy groups -OCH3 is 4. The normalized spacial score (nSPS) is 14.7. The van der Waals surface area contributed by atoms with Crippen LogP contribution >= 0.6 is 15.9 Å². The van der Waals surface area contributed by atoms with E-state index in [0.29, 0.717) is 34.9 Å². The summed E-state index contributed by atoms with van der Waals surface area (Å²) in [5.41, 5.74) is 1.65. The van der Waals surface area contributed by atoms with E-state index in [4.69, 9.17) is 33.0 Å². The summed E-state index contributed by atoms with van der Waals surface area (Å²) in [6.45, 7) is 13.6. The first-order valence-corrected chi connectivity index (χ1v) is 19.9. The third-order valence-electron chi connectivity index (χ3n) is 7.87. The average molecular weight is 866 g/mol. The number of aryl methyl sites for hydroxylation is 1. The van der Waals surface area contributed by atoms with Gasteiger partial charge in [-0.15, -0.1) is 0 Å². The molecule has 0 aliphatic carbocycles. The Morgan fingerprint density at radius 2 is 1.20 bits per heavy atom. The second-order valence-electron chi connectivity index (χ2n) is 12.5. The lowest BCUT2D eigenvalue weighted by Crippen LogP contribution is -2.43. The van der Waals surface area contributed by atoms with Crippen LogP contribution in [0.4, 0.5) is 14.5 Å². The Kier molecular flexibility index (Phi) is 25.2. The topological polar surface area (TPSA) is 134 Å². The van der Waals surface area contributed by atoms with Gasteiger partial charge < -0.3 is 43.7 Å². The molecule has 2 N–H and O–H groups in total. The molecule has 0 spiro atoms. The van der Waals surface area contributed by atoms with Crippen molar-refractivity contribution in [2.24, 2.45) is 0 Å². The minimum atomic E-state index is -3.66. The molecule has 0 saturated carbocycles. The molecule has 1 fully saturated rings. The van der Waals surface area contributed by atoms with Crippen molar-refractivity contribution in [3.8, 4) is 11.5 Å². The third kappa shape index (κ3) is 20.7. The monoisotopic (exact) mass is 864 g/mol. The minimum Gasteiger partial charge on any atom is -0.491 e. The first-order valence-electron chi connectivity index (χ1n) is 17.7. The Morgan fingerprint density at radius 1 is 0.727 bits per heavy atom. The summed E-state index contributed by atoms with van der Waals surface area (Å²) in [6, 6.07) is 16.2. The average Bonchev–Trinajstić information content (AvgIpc) is 3.20. The molecular weight excluding hydrogens is 806 g/mol. The molecule has 12 nitrogen and oxygen atoms in total. The fourth-order valence-electron chi connectivity index (χ4n) is 3.97. The van der Waals surface area contributed by atoms with E-state index in [-0.39, 0.29) is 54.2 Å². The van der Waals surface area contributed by atoms with Crippen LogP contribution in [0.25, 0.3) is 0 Å². The summed E-state index contributed by atoms with van der Waals surface area (Å²) in [7, 11) is 2.65. The molecule has 0 bridgehead atoms. The van der Waals surface area contributed by atoms with Crippen molar-refractivity contribution in [3.63, 3.8) is 0 Å². The molecule has 1 heterocycles. The summed E-state index contributed by atoms with van der Waals surface area (Å²) >= 11 is 3.07. The van der Waals surface area contributed by atoms with Gasteiger partial charge in [0.1, 0.15) is 36.3 Å². The number of aliphatic hydroxyl groups excluding tert-OH is 1. The van der Waals surface area contributed by atoms with Gasteiger partial charge in [0.25, 0.3) is 10.1 Å². The lowest BCUT2D eigenvalue weighted by atomic mass is 10.2.